The number of hydrogen-bond acceptors (Lipinski definition) is 5. The number of rotatable bonds is 11. The number of alkyl carbamates (subject to hydrolysis) is 1. The van der Waals surface area contributed by atoms with Crippen LogP contribution < -0.4 is 10.6 Å². The molecule has 1 aliphatic rings. The van der Waals surface area contributed by atoms with E-state index in [1.54, 1.807) is 25.7 Å². The molecule has 1 aromatic rings. The number of benzene rings is 1. The van der Waals surface area contributed by atoms with Crippen LogP contribution in [-0.2, 0) is 14.3 Å². The van der Waals surface area contributed by atoms with Crippen molar-refractivity contribution in [2.24, 2.45) is 5.92 Å². The van der Waals surface area contributed by atoms with Crippen LogP contribution in [0.2, 0.25) is 0 Å². The molecule has 2 N–H and O–H groups in total. The Morgan fingerprint density at radius 2 is 1.79 bits per heavy atom. The van der Waals surface area contributed by atoms with Crippen LogP contribution in [0.1, 0.15) is 77.5 Å². The topological polar surface area (TPSA) is 87.7 Å². The predicted octanol–water partition coefficient (Wildman–Crippen LogP) is 4.40. The molecule has 3 amide bonds. The molecule has 1 aromatic carbocycles. The molecule has 0 saturated heterocycles. The number of nitrogens with one attached hydrogen (secondary N) is 2. The molecule has 0 aromatic heterocycles. The first-order chi connectivity index (χ1) is 16.0. The third-order valence-corrected chi connectivity index (χ3v) is 6.21. The molecular weight excluding hydrogens is 450 g/mol. The van der Waals surface area contributed by atoms with Crippen molar-refractivity contribution >= 4 is 30.5 Å². The monoisotopic (exact) mass is 491 g/mol. The molecule has 0 aliphatic heterocycles. The second kappa shape index (κ2) is 12.5. The highest BCUT2D eigenvalue weighted by Crippen LogP contribution is 2.40. The second-order valence-corrected chi connectivity index (χ2v) is 10.6. The first-order valence-electron chi connectivity index (χ1n) is 12.2. The van der Waals surface area contributed by atoms with Gasteiger partial charge in [-0.1, -0.05) is 56.5 Å². The number of amides is 3. The van der Waals surface area contributed by atoms with Gasteiger partial charge in [0, 0.05) is 18.3 Å². The standard InChI is InChI=1S/C26H41N3O4S/c1-7-8-9-14-27-23(30)22(19-12-10-17(2)11-13-19)29(21-15-18(21)3)24(31)20(16-34)28-25(32)33-26(4,5)6/h10-13,18,20-22,34H,7-9,14-16H2,1-6H3,(H,27,30)(H,28,32). The zero-order valence-corrected chi connectivity index (χ0v) is 22.3. The van der Waals surface area contributed by atoms with Crippen LogP contribution in [0.3, 0.4) is 0 Å². The molecule has 1 aliphatic carbocycles. The fourth-order valence-electron chi connectivity index (χ4n) is 3.86. The Balaban J connectivity index is 2.34. The van der Waals surface area contributed by atoms with E-state index in [1.807, 2.05) is 31.2 Å². The smallest absolute Gasteiger partial charge is 0.408 e. The van der Waals surface area contributed by atoms with Crippen molar-refractivity contribution in [2.45, 2.75) is 91.0 Å². The number of hydrogen-bond donors (Lipinski definition) is 3. The van der Waals surface area contributed by atoms with Gasteiger partial charge in [0.1, 0.15) is 17.7 Å². The second-order valence-electron chi connectivity index (χ2n) is 10.2. The Morgan fingerprint density at radius 1 is 1.18 bits per heavy atom. The Kier molecular flexibility index (Phi) is 10.3. The van der Waals surface area contributed by atoms with Crippen molar-refractivity contribution in [3.05, 3.63) is 35.4 Å². The van der Waals surface area contributed by atoms with Crippen LogP contribution in [0.15, 0.2) is 24.3 Å². The summed E-state index contributed by atoms with van der Waals surface area (Å²) >= 11 is 4.33. The van der Waals surface area contributed by atoms with Crippen LogP contribution >= 0.6 is 12.6 Å². The average molecular weight is 492 g/mol. The maximum absolute atomic E-state index is 13.8. The van der Waals surface area contributed by atoms with Crippen molar-refractivity contribution in [2.75, 3.05) is 12.3 Å². The van der Waals surface area contributed by atoms with Crippen molar-refractivity contribution in [1.82, 2.24) is 15.5 Å². The van der Waals surface area contributed by atoms with E-state index in [-0.39, 0.29) is 29.5 Å². The van der Waals surface area contributed by atoms with Crippen molar-refractivity contribution in [1.29, 1.82) is 0 Å². The lowest BCUT2D eigenvalue weighted by Gasteiger charge is -2.34. The minimum Gasteiger partial charge on any atom is -0.444 e. The fourth-order valence-corrected chi connectivity index (χ4v) is 4.11. The van der Waals surface area contributed by atoms with Gasteiger partial charge >= 0.3 is 6.09 Å². The number of carbonyl (C=O) groups excluding carboxylic acids is 3. The van der Waals surface area contributed by atoms with Crippen LogP contribution in [0.4, 0.5) is 4.79 Å². The molecule has 4 atom stereocenters. The summed E-state index contributed by atoms with van der Waals surface area (Å²) in [6.07, 6.45) is 3.10. The lowest BCUT2D eigenvalue weighted by atomic mass is 10.0. The lowest BCUT2D eigenvalue weighted by molar-refractivity contribution is -0.143. The van der Waals surface area contributed by atoms with E-state index in [1.165, 1.54) is 0 Å². The maximum Gasteiger partial charge on any atom is 0.408 e. The number of carbonyl (C=O) groups is 3. The normalized spacial score (nSPS) is 19.0. The van der Waals surface area contributed by atoms with Gasteiger partial charge in [-0.3, -0.25) is 9.59 Å². The molecule has 0 spiro atoms. The summed E-state index contributed by atoms with van der Waals surface area (Å²) in [5.74, 6) is -0.173. The van der Waals surface area contributed by atoms with Gasteiger partial charge in [-0.05, 0) is 52.0 Å². The summed E-state index contributed by atoms with van der Waals surface area (Å²) in [5.41, 5.74) is 1.13. The van der Waals surface area contributed by atoms with Gasteiger partial charge in [-0.15, -0.1) is 0 Å². The number of unbranched alkanes of at least 4 members (excludes halogenated alkanes) is 2. The minimum absolute atomic E-state index is 0.0805. The molecule has 4 unspecified atom stereocenters. The Hall–Kier alpha value is -2.22. The van der Waals surface area contributed by atoms with Gasteiger partial charge in [-0.25, -0.2) is 4.79 Å². The van der Waals surface area contributed by atoms with Crippen LogP contribution in [0, 0.1) is 12.8 Å². The zero-order valence-electron chi connectivity index (χ0n) is 21.4. The Bertz CT molecular complexity index is 837. The van der Waals surface area contributed by atoms with Crippen molar-refractivity contribution in [3.63, 3.8) is 0 Å². The van der Waals surface area contributed by atoms with Crippen LogP contribution in [0.25, 0.3) is 0 Å². The van der Waals surface area contributed by atoms with E-state index in [0.717, 1.165) is 36.8 Å². The zero-order chi connectivity index (χ0) is 25.5. The van der Waals surface area contributed by atoms with E-state index in [2.05, 4.69) is 37.1 Å². The SMILES string of the molecule is CCCCCNC(=O)C(c1ccc(C)cc1)N(C(=O)C(CS)NC(=O)OC(C)(C)C)C1CC1C. The number of ether oxygens (including phenoxy) is 1. The van der Waals surface area contributed by atoms with E-state index in [4.69, 9.17) is 4.74 Å². The van der Waals surface area contributed by atoms with Crippen LogP contribution in [-0.4, -0.2) is 52.8 Å². The molecule has 0 heterocycles. The summed E-state index contributed by atoms with van der Waals surface area (Å²) in [6, 6.07) is 5.91. The van der Waals surface area contributed by atoms with Gasteiger partial charge in [0.15, 0.2) is 0 Å². The van der Waals surface area contributed by atoms with E-state index < -0.39 is 23.8 Å². The third kappa shape index (κ3) is 8.22. The van der Waals surface area contributed by atoms with Gasteiger partial charge in [0.2, 0.25) is 11.8 Å². The predicted molar refractivity (Wildman–Crippen MR) is 138 cm³/mol. The van der Waals surface area contributed by atoms with Gasteiger partial charge in [-0.2, -0.15) is 12.6 Å². The van der Waals surface area contributed by atoms with E-state index in [9.17, 15) is 14.4 Å². The number of nitrogens with zero attached hydrogens (tertiary/aromatic N) is 1. The highest BCUT2D eigenvalue weighted by Gasteiger charge is 2.48. The van der Waals surface area contributed by atoms with E-state index in [0.29, 0.717) is 6.54 Å². The van der Waals surface area contributed by atoms with Gasteiger partial charge in [0.25, 0.3) is 0 Å². The third-order valence-electron chi connectivity index (χ3n) is 5.85. The Morgan fingerprint density at radius 3 is 2.29 bits per heavy atom. The molecule has 0 radical (unpaired) electrons. The van der Waals surface area contributed by atoms with Crippen LogP contribution in [0.5, 0.6) is 0 Å². The lowest BCUT2D eigenvalue weighted by Crippen LogP contribution is -2.54. The fraction of sp³-hybridized carbons (Fsp3) is 0.654. The summed E-state index contributed by atoms with van der Waals surface area (Å²) in [4.78, 5) is 41.3. The number of thiol groups is 1. The molecule has 0 bridgehead atoms. The highest BCUT2D eigenvalue weighted by molar-refractivity contribution is 7.80. The summed E-state index contributed by atoms with van der Waals surface area (Å²) in [7, 11) is 0. The molecule has 34 heavy (non-hydrogen) atoms. The quantitative estimate of drug-likeness (QED) is 0.316. The summed E-state index contributed by atoms with van der Waals surface area (Å²) < 4.78 is 5.34. The summed E-state index contributed by atoms with van der Waals surface area (Å²) in [6.45, 7) is 12.0. The van der Waals surface area contributed by atoms with Gasteiger partial charge < -0.3 is 20.3 Å². The van der Waals surface area contributed by atoms with Crippen molar-refractivity contribution in [3.8, 4) is 0 Å². The first kappa shape index (κ1) is 28.0. The largest absolute Gasteiger partial charge is 0.444 e. The van der Waals surface area contributed by atoms with E-state index >= 15 is 0 Å². The maximum atomic E-state index is 13.8. The van der Waals surface area contributed by atoms with Gasteiger partial charge in [0.05, 0.1) is 0 Å². The molecule has 2 rings (SSSR count). The molecule has 1 saturated carbocycles. The highest BCUT2D eigenvalue weighted by atomic mass is 32.1. The summed E-state index contributed by atoms with van der Waals surface area (Å²) in [5, 5.41) is 5.68. The van der Waals surface area contributed by atoms with Crippen molar-refractivity contribution < 1.29 is 19.1 Å². The molecule has 8 heteroatoms. The molecule has 190 valence electrons. The number of aryl methyl sites for hydroxylation is 1. The molecular formula is C26H41N3O4S. The molecule has 7 nitrogen and oxygen atoms in total. The average Bonchev–Trinajstić information content (AvgIpc) is 3.48. The minimum atomic E-state index is -0.910. The Labute approximate surface area is 209 Å². The molecule has 1 fully saturated rings. The first-order valence-corrected chi connectivity index (χ1v) is 12.9.